The minimum Gasteiger partial charge on any atom is -0.495 e. The Morgan fingerprint density at radius 2 is 1.78 bits per heavy atom. The molecule has 1 saturated heterocycles. The normalized spacial score (nSPS) is 15.2. The van der Waals surface area contributed by atoms with Crippen molar-refractivity contribution in [1.29, 1.82) is 0 Å². The number of sulfonamides is 1. The Morgan fingerprint density at radius 3 is 2.42 bits per heavy atom. The van der Waals surface area contributed by atoms with Gasteiger partial charge in [-0.15, -0.1) is 0 Å². The van der Waals surface area contributed by atoms with Crippen molar-refractivity contribution in [2.75, 3.05) is 45.8 Å². The van der Waals surface area contributed by atoms with Gasteiger partial charge in [0.05, 0.1) is 43.7 Å². The Kier molecular flexibility index (Phi) is 9.24. The zero-order valence-electron chi connectivity index (χ0n) is 20.0. The SMILES string of the molecule is COc1cc(OC)c(NS(=O)(=O)c2cc(C(=O)OCC(=O)NC[C@H]3CCCO3)ccc2OC)cc1Cl. The molecule has 1 amide bonds. The van der Waals surface area contributed by atoms with Crippen LogP contribution >= 0.6 is 11.6 Å². The van der Waals surface area contributed by atoms with Crippen LogP contribution in [0.3, 0.4) is 0 Å². The van der Waals surface area contributed by atoms with E-state index in [4.69, 9.17) is 35.3 Å². The Bertz CT molecular complexity index is 1210. The minimum absolute atomic E-state index is 0.0214. The van der Waals surface area contributed by atoms with Gasteiger partial charge in [-0.25, -0.2) is 13.2 Å². The van der Waals surface area contributed by atoms with Crippen molar-refractivity contribution in [3.8, 4) is 17.2 Å². The highest BCUT2D eigenvalue weighted by Crippen LogP contribution is 2.37. The van der Waals surface area contributed by atoms with Crippen LogP contribution in [0.25, 0.3) is 0 Å². The standard InChI is InChI=1S/C23H27ClN2O9S/c1-31-18-7-6-14(23(28)35-13-22(27)25-12-15-5-4-8-34-15)9-21(18)36(29,30)26-17-10-16(24)19(32-2)11-20(17)33-3/h6-7,9-11,15,26H,4-5,8,12-13H2,1-3H3,(H,25,27)/t15-/m1/s1. The van der Waals surface area contributed by atoms with Crippen LogP contribution in [0.2, 0.25) is 5.02 Å². The number of hydrogen-bond acceptors (Lipinski definition) is 9. The molecular weight excluding hydrogens is 516 g/mol. The second-order valence-corrected chi connectivity index (χ2v) is 9.73. The number of carbonyl (C=O) groups is 2. The summed E-state index contributed by atoms with van der Waals surface area (Å²) in [7, 11) is -0.232. The first-order valence-electron chi connectivity index (χ1n) is 10.9. The van der Waals surface area contributed by atoms with Crippen LogP contribution < -0.4 is 24.2 Å². The lowest BCUT2D eigenvalue weighted by Gasteiger charge is -2.16. The van der Waals surface area contributed by atoms with Gasteiger partial charge in [0.2, 0.25) is 0 Å². The molecule has 0 bridgehead atoms. The van der Waals surface area contributed by atoms with E-state index in [9.17, 15) is 18.0 Å². The number of rotatable bonds is 11. The second-order valence-electron chi connectivity index (χ2n) is 7.67. The number of ether oxygens (including phenoxy) is 5. The first kappa shape index (κ1) is 27.4. The molecule has 0 unspecified atom stereocenters. The number of nitrogens with one attached hydrogen (secondary N) is 2. The van der Waals surface area contributed by atoms with Crippen molar-refractivity contribution in [1.82, 2.24) is 5.32 Å². The lowest BCUT2D eigenvalue weighted by atomic mass is 10.2. The summed E-state index contributed by atoms with van der Waals surface area (Å²) in [4.78, 5) is 24.2. The van der Waals surface area contributed by atoms with E-state index in [1.54, 1.807) is 0 Å². The lowest BCUT2D eigenvalue weighted by molar-refractivity contribution is -0.124. The number of amides is 1. The molecule has 13 heteroatoms. The van der Waals surface area contributed by atoms with E-state index in [0.29, 0.717) is 18.9 Å². The fraction of sp³-hybridized carbons (Fsp3) is 0.391. The fourth-order valence-corrected chi connectivity index (χ4v) is 4.95. The number of carbonyl (C=O) groups excluding carboxylic acids is 2. The van der Waals surface area contributed by atoms with Crippen molar-refractivity contribution in [3.05, 3.63) is 40.9 Å². The van der Waals surface area contributed by atoms with E-state index in [1.165, 1.54) is 45.6 Å². The van der Waals surface area contributed by atoms with E-state index in [-0.39, 0.29) is 38.8 Å². The summed E-state index contributed by atoms with van der Waals surface area (Å²) in [6.45, 7) is 0.455. The topological polar surface area (TPSA) is 138 Å². The Morgan fingerprint density at radius 1 is 1.06 bits per heavy atom. The van der Waals surface area contributed by atoms with Crippen LogP contribution in [0.4, 0.5) is 5.69 Å². The molecule has 1 heterocycles. The van der Waals surface area contributed by atoms with Gasteiger partial charge in [0.1, 0.15) is 22.1 Å². The van der Waals surface area contributed by atoms with E-state index in [0.717, 1.165) is 18.9 Å². The number of benzene rings is 2. The summed E-state index contributed by atoms with van der Waals surface area (Å²) < 4.78 is 54.8. The third-order valence-electron chi connectivity index (χ3n) is 5.29. The molecule has 11 nitrogen and oxygen atoms in total. The fourth-order valence-electron chi connectivity index (χ4n) is 3.45. The highest BCUT2D eigenvalue weighted by atomic mass is 35.5. The highest BCUT2D eigenvalue weighted by molar-refractivity contribution is 7.92. The molecule has 0 aromatic heterocycles. The summed E-state index contributed by atoms with van der Waals surface area (Å²) in [6.07, 6.45) is 1.74. The van der Waals surface area contributed by atoms with Crippen molar-refractivity contribution in [3.63, 3.8) is 0 Å². The number of methoxy groups -OCH3 is 3. The van der Waals surface area contributed by atoms with Crippen LogP contribution in [0.15, 0.2) is 35.2 Å². The predicted octanol–water partition coefficient (Wildman–Crippen LogP) is 2.62. The van der Waals surface area contributed by atoms with Gasteiger partial charge >= 0.3 is 5.97 Å². The number of esters is 1. The summed E-state index contributed by atoms with van der Waals surface area (Å²) >= 11 is 6.14. The largest absolute Gasteiger partial charge is 0.495 e. The maximum atomic E-state index is 13.2. The Labute approximate surface area is 214 Å². The van der Waals surface area contributed by atoms with Gasteiger partial charge in [-0.3, -0.25) is 9.52 Å². The van der Waals surface area contributed by atoms with E-state index in [1.807, 2.05) is 0 Å². The molecule has 1 aliphatic heterocycles. The first-order valence-corrected chi connectivity index (χ1v) is 12.7. The van der Waals surface area contributed by atoms with E-state index < -0.39 is 28.5 Å². The molecule has 2 aromatic carbocycles. The van der Waals surface area contributed by atoms with Crippen molar-refractivity contribution in [2.45, 2.75) is 23.8 Å². The van der Waals surface area contributed by atoms with Gasteiger partial charge in [-0.2, -0.15) is 0 Å². The van der Waals surface area contributed by atoms with Gasteiger partial charge in [0, 0.05) is 19.2 Å². The van der Waals surface area contributed by atoms with Gasteiger partial charge < -0.3 is 29.0 Å². The predicted molar refractivity (Wildman–Crippen MR) is 131 cm³/mol. The zero-order chi connectivity index (χ0) is 26.3. The van der Waals surface area contributed by atoms with E-state index >= 15 is 0 Å². The molecule has 0 spiro atoms. The van der Waals surface area contributed by atoms with Gasteiger partial charge in [0.15, 0.2) is 6.61 Å². The summed E-state index contributed by atoms with van der Waals surface area (Å²) in [5, 5.41) is 2.79. The number of anilines is 1. The van der Waals surface area contributed by atoms with Crippen LogP contribution in [0.1, 0.15) is 23.2 Å². The van der Waals surface area contributed by atoms with Gasteiger partial charge in [-0.1, -0.05) is 11.6 Å². The molecule has 1 fully saturated rings. The smallest absolute Gasteiger partial charge is 0.338 e. The minimum atomic E-state index is -4.29. The van der Waals surface area contributed by atoms with Gasteiger partial charge in [-0.05, 0) is 37.1 Å². The van der Waals surface area contributed by atoms with Gasteiger partial charge in [0.25, 0.3) is 15.9 Å². The average Bonchev–Trinajstić information content (AvgIpc) is 3.39. The maximum absolute atomic E-state index is 13.2. The highest BCUT2D eigenvalue weighted by Gasteiger charge is 2.25. The summed E-state index contributed by atoms with van der Waals surface area (Å²) in [6, 6.07) is 6.48. The Hall–Kier alpha value is -3.22. The van der Waals surface area contributed by atoms with Crippen molar-refractivity contribution < 1.29 is 41.7 Å². The number of halogens is 1. The molecule has 0 radical (unpaired) electrons. The molecule has 36 heavy (non-hydrogen) atoms. The third-order valence-corrected chi connectivity index (χ3v) is 6.97. The summed E-state index contributed by atoms with van der Waals surface area (Å²) in [5.74, 6) is -0.953. The van der Waals surface area contributed by atoms with Crippen molar-refractivity contribution in [2.24, 2.45) is 0 Å². The maximum Gasteiger partial charge on any atom is 0.338 e. The lowest BCUT2D eigenvalue weighted by Crippen LogP contribution is -2.34. The Balaban J connectivity index is 1.75. The van der Waals surface area contributed by atoms with Crippen molar-refractivity contribution >= 4 is 39.2 Å². The molecule has 1 atom stereocenters. The van der Waals surface area contributed by atoms with Crippen LogP contribution in [-0.2, 0) is 24.3 Å². The zero-order valence-corrected chi connectivity index (χ0v) is 21.5. The monoisotopic (exact) mass is 542 g/mol. The molecule has 2 N–H and O–H groups in total. The van der Waals surface area contributed by atoms with E-state index in [2.05, 4.69) is 10.0 Å². The summed E-state index contributed by atoms with van der Waals surface area (Å²) in [5.41, 5.74) is -0.0518. The molecule has 3 rings (SSSR count). The van der Waals surface area contributed by atoms with Crippen LogP contribution in [0.5, 0.6) is 17.2 Å². The molecule has 0 aliphatic carbocycles. The van der Waals surface area contributed by atoms with Crippen LogP contribution in [0, 0.1) is 0 Å². The molecule has 0 saturated carbocycles. The number of hydrogen-bond donors (Lipinski definition) is 2. The molecule has 1 aliphatic rings. The third kappa shape index (κ3) is 6.71. The van der Waals surface area contributed by atoms with Crippen LogP contribution in [-0.4, -0.2) is 67.5 Å². The molecule has 196 valence electrons. The first-order chi connectivity index (χ1) is 17.2. The molecular formula is C23H27ClN2O9S. The molecule has 2 aromatic rings. The second kappa shape index (κ2) is 12.2. The quantitative estimate of drug-likeness (QED) is 0.410. The average molecular weight is 543 g/mol.